The number of methoxy groups -OCH3 is 1. The van der Waals surface area contributed by atoms with E-state index in [0.717, 1.165) is 13.0 Å². The quantitative estimate of drug-likeness (QED) is 0.830. The van der Waals surface area contributed by atoms with Crippen LogP contribution in [0.1, 0.15) is 32.1 Å². The minimum atomic E-state index is 0.332. The topological polar surface area (TPSA) is 47.0 Å². The lowest BCUT2D eigenvalue weighted by Crippen LogP contribution is -2.07. The second kappa shape index (κ2) is 6.59. The Balaban J connectivity index is 1.87. The summed E-state index contributed by atoms with van der Waals surface area (Å²) in [6.07, 6.45) is 10.0. The van der Waals surface area contributed by atoms with E-state index in [4.69, 9.17) is 16.3 Å². The van der Waals surface area contributed by atoms with Gasteiger partial charge in [-0.25, -0.2) is 4.98 Å². The smallest absolute Gasteiger partial charge is 0.318 e. The fourth-order valence-corrected chi connectivity index (χ4v) is 2.20. The lowest BCUT2D eigenvalue weighted by molar-refractivity contribution is 0.380. The summed E-state index contributed by atoms with van der Waals surface area (Å²) in [5.74, 6) is 0.639. The molecule has 1 heterocycles. The Morgan fingerprint density at radius 1 is 1.44 bits per heavy atom. The van der Waals surface area contributed by atoms with Gasteiger partial charge < -0.3 is 10.1 Å². The number of anilines is 1. The summed E-state index contributed by atoms with van der Waals surface area (Å²) in [5.41, 5.74) is 1.53. The van der Waals surface area contributed by atoms with Gasteiger partial charge in [0, 0.05) is 6.54 Å². The average Bonchev–Trinajstić information content (AvgIpc) is 2.42. The van der Waals surface area contributed by atoms with Crippen molar-refractivity contribution in [3.8, 4) is 6.01 Å². The van der Waals surface area contributed by atoms with Crippen LogP contribution in [0.5, 0.6) is 6.01 Å². The molecule has 0 fully saturated rings. The van der Waals surface area contributed by atoms with Crippen LogP contribution in [0.2, 0.25) is 5.02 Å². The van der Waals surface area contributed by atoms with Crippen LogP contribution in [0.3, 0.4) is 0 Å². The summed E-state index contributed by atoms with van der Waals surface area (Å²) < 4.78 is 4.97. The number of ether oxygens (including phenoxy) is 1. The van der Waals surface area contributed by atoms with Gasteiger partial charge in [0.15, 0.2) is 5.82 Å². The van der Waals surface area contributed by atoms with Crippen molar-refractivity contribution in [1.29, 1.82) is 0 Å². The molecule has 0 unspecified atom stereocenters. The van der Waals surface area contributed by atoms with Crippen LogP contribution in [-0.4, -0.2) is 23.6 Å². The molecule has 1 N–H and O–H groups in total. The number of rotatable bonds is 5. The molecule has 1 aliphatic carbocycles. The van der Waals surface area contributed by atoms with Gasteiger partial charge in [-0.3, -0.25) is 0 Å². The summed E-state index contributed by atoms with van der Waals surface area (Å²) in [6.45, 7) is 0.839. The van der Waals surface area contributed by atoms with Crippen molar-refractivity contribution in [3.05, 3.63) is 22.9 Å². The number of halogens is 1. The fraction of sp³-hybridized carbons (Fsp3) is 0.538. The largest absolute Gasteiger partial charge is 0.467 e. The molecule has 0 bridgehead atoms. The molecule has 0 saturated heterocycles. The van der Waals surface area contributed by atoms with Gasteiger partial charge in [0.2, 0.25) is 0 Å². The molecule has 0 spiro atoms. The highest BCUT2D eigenvalue weighted by Crippen LogP contribution is 2.22. The first-order valence-corrected chi connectivity index (χ1v) is 6.65. The monoisotopic (exact) mass is 267 g/mol. The molecule has 4 nitrogen and oxygen atoms in total. The zero-order chi connectivity index (χ0) is 12.8. The van der Waals surface area contributed by atoms with E-state index < -0.39 is 0 Å². The van der Waals surface area contributed by atoms with Crippen LogP contribution >= 0.6 is 11.6 Å². The molecule has 1 aromatic rings. The van der Waals surface area contributed by atoms with Crippen LogP contribution < -0.4 is 10.1 Å². The minimum absolute atomic E-state index is 0.332. The Bertz CT molecular complexity index is 434. The second-order valence-electron chi connectivity index (χ2n) is 4.34. The lowest BCUT2D eigenvalue weighted by atomic mass is 9.97. The molecular formula is C13H18ClN3O. The van der Waals surface area contributed by atoms with Crippen molar-refractivity contribution in [1.82, 2.24) is 9.97 Å². The third-order valence-electron chi connectivity index (χ3n) is 3.03. The van der Waals surface area contributed by atoms with E-state index in [1.165, 1.54) is 31.3 Å². The highest BCUT2D eigenvalue weighted by atomic mass is 35.5. The van der Waals surface area contributed by atoms with E-state index in [1.54, 1.807) is 13.3 Å². The van der Waals surface area contributed by atoms with E-state index in [1.807, 2.05) is 0 Å². The first-order valence-electron chi connectivity index (χ1n) is 6.28. The van der Waals surface area contributed by atoms with E-state index in [-0.39, 0.29) is 0 Å². The normalized spacial score (nSPS) is 15.1. The number of hydrogen-bond acceptors (Lipinski definition) is 4. The number of aromatic nitrogens is 2. The summed E-state index contributed by atoms with van der Waals surface area (Å²) in [5, 5.41) is 3.75. The van der Waals surface area contributed by atoms with Gasteiger partial charge in [-0.2, -0.15) is 4.98 Å². The number of allylic oxidation sites excluding steroid dienone is 1. The SMILES string of the molecule is COc1ncc(Cl)c(NCCC2=CCCCC2)n1. The van der Waals surface area contributed by atoms with Gasteiger partial charge in [0.05, 0.1) is 13.3 Å². The van der Waals surface area contributed by atoms with Crippen LogP contribution in [0.4, 0.5) is 5.82 Å². The first kappa shape index (κ1) is 13.1. The van der Waals surface area contributed by atoms with Crippen molar-refractivity contribution in [2.75, 3.05) is 19.0 Å². The Morgan fingerprint density at radius 3 is 3.06 bits per heavy atom. The molecule has 0 aromatic carbocycles. The zero-order valence-electron chi connectivity index (χ0n) is 10.6. The standard InChI is InChI=1S/C13H18ClN3O/c1-18-13-16-9-11(14)12(17-13)15-8-7-10-5-3-2-4-6-10/h5,9H,2-4,6-8H2,1H3,(H,15,16,17). The maximum absolute atomic E-state index is 6.02. The molecule has 1 aromatic heterocycles. The van der Waals surface area contributed by atoms with E-state index in [2.05, 4.69) is 21.4 Å². The maximum Gasteiger partial charge on any atom is 0.318 e. The highest BCUT2D eigenvalue weighted by molar-refractivity contribution is 6.32. The van der Waals surface area contributed by atoms with Crippen LogP contribution in [0, 0.1) is 0 Å². The van der Waals surface area contributed by atoms with Crippen LogP contribution in [0.25, 0.3) is 0 Å². The van der Waals surface area contributed by atoms with Gasteiger partial charge in [-0.1, -0.05) is 23.3 Å². The van der Waals surface area contributed by atoms with Crippen molar-refractivity contribution < 1.29 is 4.74 Å². The van der Waals surface area contributed by atoms with Crippen molar-refractivity contribution in [2.24, 2.45) is 0 Å². The molecular weight excluding hydrogens is 250 g/mol. The molecule has 0 aliphatic heterocycles. The predicted octanol–water partition coefficient (Wildman–Crippen LogP) is 3.44. The Labute approximate surface area is 112 Å². The minimum Gasteiger partial charge on any atom is -0.467 e. The van der Waals surface area contributed by atoms with Gasteiger partial charge >= 0.3 is 6.01 Å². The van der Waals surface area contributed by atoms with Gasteiger partial charge in [0.25, 0.3) is 0 Å². The van der Waals surface area contributed by atoms with Gasteiger partial charge in [-0.05, 0) is 32.1 Å². The molecule has 0 atom stereocenters. The number of hydrogen-bond donors (Lipinski definition) is 1. The number of nitrogens with zero attached hydrogens (tertiary/aromatic N) is 2. The molecule has 2 rings (SSSR count). The molecule has 1 aliphatic rings. The fourth-order valence-electron chi connectivity index (χ4n) is 2.05. The molecule has 5 heteroatoms. The van der Waals surface area contributed by atoms with Crippen molar-refractivity contribution >= 4 is 17.4 Å². The molecule has 0 amide bonds. The van der Waals surface area contributed by atoms with E-state index in [0.29, 0.717) is 16.9 Å². The summed E-state index contributed by atoms with van der Waals surface area (Å²) in [4.78, 5) is 8.12. The highest BCUT2D eigenvalue weighted by Gasteiger charge is 2.07. The zero-order valence-corrected chi connectivity index (χ0v) is 11.3. The first-order chi connectivity index (χ1) is 8.79. The summed E-state index contributed by atoms with van der Waals surface area (Å²) >= 11 is 6.02. The van der Waals surface area contributed by atoms with E-state index in [9.17, 15) is 0 Å². The third-order valence-corrected chi connectivity index (χ3v) is 3.30. The van der Waals surface area contributed by atoms with Crippen molar-refractivity contribution in [3.63, 3.8) is 0 Å². The van der Waals surface area contributed by atoms with Crippen molar-refractivity contribution in [2.45, 2.75) is 32.1 Å². The molecule has 18 heavy (non-hydrogen) atoms. The molecule has 0 radical (unpaired) electrons. The summed E-state index contributed by atoms with van der Waals surface area (Å²) in [6, 6.07) is 0.332. The maximum atomic E-state index is 6.02. The third kappa shape index (κ3) is 3.60. The van der Waals surface area contributed by atoms with Gasteiger partial charge in [0.1, 0.15) is 5.02 Å². The molecule has 98 valence electrons. The Morgan fingerprint density at radius 2 is 2.33 bits per heavy atom. The molecule has 0 saturated carbocycles. The van der Waals surface area contributed by atoms with E-state index >= 15 is 0 Å². The number of nitrogens with one attached hydrogen (secondary N) is 1. The van der Waals surface area contributed by atoms with Crippen LogP contribution in [-0.2, 0) is 0 Å². The lowest BCUT2D eigenvalue weighted by Gasteiger charge is -2.13. The predicted molar refractivity (Wildman–Crippen MR) is 73.3 cm³/mol. The van der Waals surface area contributed by atoms with Gasteiger partial charge in [-0.15, -0.1) is 0 Å². The summed E-state index contributed by atoms with van der Waals surface area (Å²) in [7, 11) is 1.54. The second-order valence-corrected chi connectivity index (χ2v) is 4.75. The average molecular weight is 268 g/mol. The Hall–Kier alpha value is -1.29. The van der Waals surface area contributed by atoms with Crippen LogP contribution in [0.15, 0.2) is 17.8 Å². The Kier molecular flexibility index (Phi) is 4.81.